The van der Waals surface area contributed by atoms with Crippen LogP contribution in [-0.4, -0.2) is 58.6 Å². The number of oxazole rings is 1. The minimum Gasteiger partial charge on any atom is -0.435 e. The quantitative estimate of drug-likeness (QED) is 0.645. The number of rotatable bonds is 5. The van der Waals surface area contributed by atoms with Crippen LogP contribution in [0.3, 0.4) is 0 Å². The van der Waals surface area contributed by atoms with E-state index in [1.807, 2.05) is 23.1 Å². The van der Waals surface area contributed by atoms with Crippen molar-refractivity contribution in [1.29, 1.82) is 0 Å². The predicted molar refractivity (Wildman–Crippen MR) is 111 cm³/mol. The van der Waals surface area contributed by atoms with Crippen LogP contribution >= 0.6 is 0 Å². The molecule has 2 aromatic heterocycles. The number of aromatic nitrogens is 2. The van der Waals surface area contributed by atoms with Crippen molar-refractivity contribution in [2.75, 3.05) is 32.7 Å². The summed E-state index contributed by atoms with van der Waals surface area (Å²) in [7, 11) is 0. The fourth-order valence-electron chi connectivity index (χ4n) is 4.80. The van der Waals surface area contributed by atoms with Crippen LogP contribution in [0.25, 0.3) is 11.0 Å². The van der Waals surface area contributed by atoms with Crippen molar-refractivity contribution in [3.8, 4) is 0 Å². The summed E-state index contributed by atoms with van der Waals surface area (Å²) in [4.78, 5) is 21.8. The van der Waals surface area contributed by atoms with E-state index >= 15 is 0 Å². The Hall–Kier alpha value is -2.67. The topological polar surface area (TPSA) is 75.6 Å². The lowest BCUT2D eigenvalue weighted by molar-refractivity contribution is 0.0673. The Kier molecular flexibility index (Phi) is 4.37. The maximum absolute atomic E-state index is 12.8. The van der Waals surface area contributed by atoms with E-state index in [-0.39, 0.29) is 5.91 Å². The summed E-state index contributed by atoms with van der Waals surface area (Å²) in [6.45, 7) is 4.43. The van der Waals surface area contributed by atoms with Crippen LogP contribution in [0, 0.1) is 0 Å². The maximum atomic E-state index is 12.8. The van der Waals surface area contributed by atoms with Crippen molar-refractivity contribution in [3.63, 3.8) is 0 Å². The third-order valence-corrected chi connectivity index (χ3v) is 6.81. The Balaban J connectivity index is 1.05. The standard InChI is InChI=1S/C23H26N4O3/c28-23-21-18(24-22(29-21)16-5-6-16)9-12-27(23)14-13-26-10-7-15(8-11-26)20-17-3-1-2-4-19(17)30-25-20/h1-4,15-16H,5-14H2. The van der Waals surface area contributed by atoms with Crippen molar-refractivity contribution in [1.82, 2.24) is 19.9 Å². The van der Waals surface area contributed by atoms with Crippen molar-refractivity contribution in [3.05, 3.63) is 47.3 Å². The number of hydrogen-bond acceptors (Lipinski definition) is 6. The van der Waals surface area contributed by atoms with Gasteiger partial charge in [-0.1, -0.05) is 17.3 Å². The highest BCUT2D eigenvalue weighted by molar-refractivity contribution is 5.93. The average Bonchev–Trinajstić information content (AvgIpc) is 3.39. The van der Waals surface area contributed by atoms with Crippen molar-refractivity contribution >= 4 is 16.9 Å². The van der Waals surface area contributed by atoms with Gasteiger partial charge in [0, 0.05) is 43.3 Å². The van der Waals surface area contributed by atoms with Gasteiger partial charge in [0.1, 0.15) is 0 Å². The van der Waals surface area contributed by atoms with E-state index in [2.05, 4.69) is 21.1 Å². The van der Waals surface area contributed by atoms with Crippen LogP contribution < -0.4 is 0 Å². The molecule has 3 aliphatic rings. The summed E-state index contributed by atoms with van der Waals surface area (Å²) in [5, 5.41) is 5.49. The molecule has 0 spiro atoms. The Morgan fingerprint density at radius 2 is 1.83 bits per heavy atom. The number of fused-ring (bicyclic) bond motifs is 2. The molecule has 30 heavy (non-hydrogen) atoms. The fraction of sp³-hybridized carbons (Fsp3) is 0.522. The van der Waals surface area contributed by atoms with E-state index < -0.39 is 0 Å². The van der Waals surface area contributed by atoms with Crippen molar-refractivity contribution in [2.45, 2.75) is 43.9 Å². The Morgan fingerprint density at radius 1 is 1.00 bits per heavy atom. The number of nitrogens with zero attached hydrogens (tertiary/aromatic N) is 4. The monoisotopic (exact) mass is 406 g/mol. The summed E-state index contributed by atoms with van der Waals surface area (Å²) in [5.74, 6) is 2.16. The largest absolute Gasteiger partial charge is 0.435 e. The number of piperidine rings is 1. The molecule has 2 fully saturated rings. The third-order valence-electron chi connectivity index (χ3n) is 6.81. The normalized spacial score (nSPS) is 20.8. The molecule has 0 atom stereocenters. The molecule has 1 saturated heterocycles. The molecule has 156 valence electrons. The van der Waals surface area contributed by atoms with Gasteiger partial charge in [0.25, 0.3) is 5.91 Å². The van der Waals surface area contributed by atoms with Gasteiger partial charge in [-0.3, -0.25) is 4.79 Å². The zero-order valence-corrected chi connectivity index (χ0v) is 17.0. The molecule has 0 unspecified atom stereocenters. The molecule has 0 radical (unpaired) electrons. The molecule has 7 nitrogen and oxygen atoms in total. The van der Waals surface area contributed by atoms with Crippen LogP contribution in [0.4, 0.5) is 0 Å². The molecule has 2 aliphatic heterocycles. The molecule has 7 heteroatoms. The highest BCUT2D eigenvalue weighted by Gasteiger charge is 2.35. The Bertz CT molecular complexity index is 1080. The number of amides is 1. The minimum atomic E-state index is 0.0135. The molecule has 6 rings (SSSR count). The number of carbonyl (C=O) groups is 1. The minimum absolute atomic E-state index is 0.0135. The molecular formula is C23H26N4O3. The molecule has 0 N–H and O–H groups in total. The zero-order chi connectivity index (χ0) is 20.1. The first-order chi connectivity index (χ1) is 14.8. The lowest BCUT2D eigenvalue weighted by atomic mass is 9.91. The number of carbonyl (C=O) groups excluding carboxylic acids is 1. The first kappa shape index (κ1) is 18.1. The predicted octanol–water partition coefficient (Wildman–Crippen LogP) is 3.57. The van der Waals surface area contributed by atoms with Crippen LogP contribution in [-0.2, 0) is 6.42 Å². The molecule has 1 amide bonds. The van der Waals surface area contributed by atoms with Crippen LogP contribution in [0.15, 0.2) is 33.2 Å². The van der Waals surface area contributed by atoms with Crippen LogP contribution in [0.1, 0.15) is 65.4 Å². The van der Waals surface area contributed by atoms with Gasteiger partial charge in [0.2, 0.25) is 5.76 Å². The number of likely N-dealkylation sites (tertiary alicyclic amines) is 1. The second-order valence-corrected chi connectivity index (χ2v) is 8.82. The first-order valence-electron chi connectivity index (χ1n) is 11.1. The van der Waals surface area contributed by atoms with Gasteiger partial charge in [-0.25, -0.2) is 4.98 Å². The lowest BCUT2D eigenvalue weighted by Crippen LogP contribution is -2.44. The van der Waals surface area contributed by atoms with Gasteiger partial charge in [0.15, 0.2) is 11.5 Å². The van der Waals surface area contributed by atoms with E-state index in [4.69, 9.17) is 8.94 Å². The van der Waals surface area contributed by atoms with E-state index in [1.54, 1.807) is 0 Å². The smallest absolute Gasteiger partial charge is 0.291 e. The summed E-state index contributed by atoms with van der Waals surface area (Å²) in [6, 6.07) is 8.10. The van der Waals surface area contributed by atoms with Crippen molar-refractivity contribution in [2.24, 2.45) is 0 Å². The average molecular weight is 406 g/mol. The summed E-state index contributed by atoms with van der Waals surface area (Å²) >= 11 is 0. The molecule has 1 aromatic carbocycles. The summed E-state index contributed by atoms with van der Waals surface area (Å²) in [6.07, 6.45) is 5.22. The molecular weight excluding hydrogens is 380 g/mol. The second-order valence-electron chi connectivity index (χ2n) is 8.82. The van der Waals surface area contributed by atoms with Gasteiger partial charge in [-0.05, 0) is 50.9 Å². The van der Waals surface area contributed by atoms with Gasteiger partial charge in [0.05, 0.1) is 11.4 Å². The Morgan fingerprint density at radius 3 is 2.67 bits per heavy atom. The summed E-state index contributed by atoms with van der Waals surface area (Å²) in [5.41, 5.74) is 2.83. The molecule has 1 saturated carbocycles. The summed E-state index contributed by atoms with van der Waals surface area (Å²) < 4.78 is 11.3. The van der Waals surface area contributed by atoms with E-state index in [9.17, 15) is 4.79 Å². The molecule has 3 aromatic rings. The van der Waals surface area contributed by atoms with Gasteiger partial charge in [-0.2, -0.15) is 0 Å². The van der Waals surface area contributed by atoms with Crippen molar-refractivity contribution < 1.29 is 13.7 Å². The maximum Gasteiger partial charge on any atom is 0.291 e. The van der Waals surface area contributed by atoms with Gasteiger partial charge >= 0.3 is 0 Å². The first-order valence-corrected chi connectivity index (χ1v) is 11.1. The van der Waals surface area contributed by atoms with E-state index in [1.165, 1.54) is 0 Å². The number of para-hydroxylation sites is 1. The fourth-order valence-corrected chi connectivity index (χ4v) is 4.80. The third kappa shape index (κ3) is 3.21. The van der Waals surface area contributed by atoms with E-state index in [0.29, 0.717) is 17.6 Å². The molecule has 0 bridgehead atoms. The second kappa shape index (κ2) is 7.23. The Labute approximate surface area is 175 Å². The number of hydrogen-bond donors (Lipinski definition) is 0. The van der Waals surface area contributed by atoms with Crippen LogP contribution in [0.2, 0.25) is 0 Å². The van der Waals surface area contributed by atoms with E-state index in [0.717, 1.165) is 93.1 Å². The lowest BCUT2D eigenvalue weighted by Gasteiger charge is -2.33. The number of benzene rings is 1. The highest BCUT2D eigenvalue weighted by Crippen LogP contribution is 2.40. The molecule has 1 aliphatic carbocycles. The van der Waals surface area contributed by atoms with Gasteiger partial charge in [-0.15, -0.1) is 0 Å². The van der Waals surface area contributed by atoms with Crippen LogP contribution in [0.5, 0.6) is 0 Å². The zero-order valence-electron chi connectivity index (χ0n) is 17.0. The highest BCUT2D eigenvalue weighted by atomic mass is 16.5. The van der Waals surface area contributed by atoms with Gasteiger partial charge < -0.3 is 18.7 Å². The SMILES string of the molecule is O=C1c2oc(C3CC3)nc2CCN1CCN1CCC(c2noc3ccccc23)CC1. The molecule has 4 heterocycles.